The Labute approximate surface area is 344 Å². The van der Waals surface area contributed by atoms with Crippen LogP contribution in [0.2, 0.25) is 0 Å². The van der Waals surface area contributed by atoms with Gasteiger partial charge in [-0.15, -0.1) is 0 Å². The number of furan rings is 2. The Morgan fingerprint density at radius 3 is 1.50 bits per heavy atom. The van der Waals surface area contributed by atoms with E-state index >= 15 is 0 Å². The Kier molecular flexibility index (Phi) is 6.93. The number of benzene rings is 11. The summed E-state index contributed by atoms with van der Waals surface area (Å²) >= 11 is 0. The van der Waals surface area contributed by atoms with Gasteiger partial charge in [0, 0.05) is 38.0 Å². The van der Waals surface area contributed by atoms with Crippen LogP contribution in [0.25, 0.3) is 109 Å². The van der Waals surface area contributed by atoms with Crippen molar-refractivity contribution in [2.45, 2.75) is 6.92 Å². The van der Waals surface area contributed by atoms with Crippen molar-refractivity contribution in [1.29, 1.82) is 0 Å². The number of anilines is 3. The van der Waals surface area contributed by atoms with Gasteiger partial charge in [-0.25, -0.2) is 0 Å². The maximum absolute atomic E-state index is 6.75. The second-order valence-corrected chi connectivity index (χ2v) is 16.0. The third kappa shape index (κ3) is 4.66. The van der Waals surface area contributed by atoms with Crippen molar-refractivity contribution in [3.63, 3.8) is 0 Å². The standard InChI is InChI=1S/C57H35NO2/c1-34-15-2-12-26-50(34)58(51-27-14-25-45-40-20-11-13-28-52(40)60-57(45)51)56-43-23-9-7-21-41(43)55(42-22-8-10-24-44(42)56)35-29-30-53-48(31-35)49-32-46-38-18-5-3-16-36(38)37-17-4-6-19-39(37)47(46)33-54(49)59-53/h2-33H,1H3. The van der Waals surface area contributed by atoms with Gasteiger partial charge in [-0.05, 0) is 109 Å². The molecule has 0 saturated heterocycles. The Morgan fingerprint density at radius 2 is 0.817 bits per heavy atom. The van der Waals surface area contributed by atoms with Crippen LogP contribution in [0.4, 0.5) is 17.1 Å². The monoisotopic (exact) mass is 765 g/mol. The van der Waals surface area contributed by atoms with E-state index in [1.165, 1.54) is 54.2 Å². The van der Waals surface area contributed by atoms with Gasteiger partial charge in [-0.2, -0.15) is 0 Å². The van der Waals surface area contributed by atoms with Crippen LogP contribution in [-0.4, -0.2) is 0 Å². The SMILES string of the molecule is Cc1ccccc1N(c1c2ccccc2c(-c2ccc3oc4cc5c6ccccc6c6ccccc6c5cc4c3c2)c2ccccc12)c1cccc2c1oc1ccccc12. The summed E-state index contributed by atoms with van der Waals surface area (Å²) in [6.45, 7) is 2.19. The van der Waals surface area contributed by atoms with Crippen molar-refractivity contribution in [3.8, 4) is 11.1 Å². The highest BCUT2D eigenvalue weighted by molar-refractivity contribution is 6.29. The predicted octanol–water partition coefficient (Wildman–Crippen LogP) is 16.7. The number of rotatable bonds is 4. The highest BCUT2D eigenvalue weighted by atomic mass is 16.3. The summed E-state index contributed by atoms with van der Waals surface area (Å²) < 4.78 is 13.4. The molecule has 0 amide bonds. The van der Waals surface area contributed by atoms with Crippen molar-refractivity contribution in [2.75, 3.05) is 4.90 Å². The summed E-state index contributed by atoms with van der Waals surface area (Å²) in [5.74, 6) is 0. The molecule has 0 radical (unpaired) electrons. The molecule has 60 heavy (non-hydrogen) atoms. The van der Waals surface area contributed by atoms with Gasteiger partial charge in [-0.1, -0.05) is 152 Å². The molecule has 3 heteroatoms. The molecule has 0 bridgehead atoms. The first-order valence-corrected chi connectivity index (χ1v) is 20.6. The molecule has 0 aliphatic heterocycles. The van der Waals surface area contributed by atoms with E-state index in [1.807, 2.05) is 6.07 Å². The second-order valence-electron chi connectivity index (χ2n) is 16.0. The molecule has 0 spiro atoms. The zero-order chi connectivity index (χ0) is 39.5. The molecule has 13 rings (SSSR count). The van der Waals surface area contributed by atoms with Gasteiger partial charge in [0.25, 0.3) is 0 Å². The zero-order valence-electron chi connectivity index (χ0n) is 32.7. The van der Waals surface area contributed by atoms with Crippen LogP contribution < -0.4 is 4.90 Å². The topological polar surface area (TPSA) is 29.5 Å². The van der Waals surface area contributed by atoms with Crippen molar-refractivity contribution < 1.29 is 8.83 Å². The molecule has 11 aromatic carbocycles. The quantitative estimate of drug-likeness (QED) is 0.132. The van der Waals surface area contributed by atoms with Crippen LogP contribution in [0.5, 0.6) is 0 Å². The van der Waals surface area contributed by atoms with Crippen molar-refractivity contribution in [1.82, 2.24) is 0 Å². The summed E-state index contributed by atoms with van der Waals surface area (Å²) in [5, 5.41) is 16.6. The number of aryl methyl sites for hydroxylation is 1. The van der Waals surface area contributed by atoms with Crippen LogP contribution >= 0.6 is 0 Å². The molecule has 0 aliphatic rings. The Bertz CT molecular complexity index is 3870. The zero-order valence-corrected chi connectivity index (χ0v) is 32.7. The van der Waals surface area contributed by atoms with Crippen LogP contribution in [-0.2, 0) is 0 Å². The Morgan fingerprint density at radius 1 is 0.317 bits per heavy atom. The highest BCUT2D eigenvalue weighted by Crippen LogP contribution is 2.51. The summed E-state index contributed by atoms with van der Waals surface area (Å²) in [5.41, 5.74) is 10.3. The molecule has 2 heterocycles. The van der Waals surface area contributed by atoms with Gasteiger partial charge >= 0.3 is 0 Å². The van der Waals surface area contributed by atoms with E-state index in [4.69, 9.17) is 8.83 Å². The second kappa shape index (κ2) is 12.6. The molecule has 0 fully saturated rings. The molecular formula is C57H35NO2. The first-order valence-electron chi connectivity index (χ1n) is 20.6. The van der Waals surface area contributed by atoms with Gasteiger partial charge in [0.05, 0.1) is 11.4 Å². The minimum atomic E-state index is 0.866. The van der Waals surface area contributed by atoms with E-state index in [0.717, 1.165) is 77.3 Å². The van der Waals surface area contributed by atoms with Gasteiger partial charge in [0.2, 0.25) is 0 Å². The summed E-state index contributed by atoms with van der Waals surface area (Å²) in [7, 11) is 0. The average molecular weight is 766 g/mol. The lowest BCUT2D eigenvalue weighted by atomic mass is 9.89. The molecule has 0 unspecified atom stereocenters. The summed E-state index contributed by atoms with van der Waals surface area (Å²) in [4.78, 5) is 2.43. The lowest BCUT2D eigenvalue weighted by Crippen LogP contribution is -2.13. The first kappa shape index (κ1) is 33.1. The lowest BCUT2D eigenvalue weighted by molar-refractivity contribution is 0.669. The van der Waals surface area contributed by atoms with Crippen LogP contribution in [0.15, 0.2) is 203 Å². The third-order valence-electron chi connectivity index (χ3n) is 12.7. The van der Waals surface area contributed by atoms with Gasteiger partial charge in [0.1, 0.15) is 16.7 Å². The molecule has 0 saturated carbocycles. The number of para-hydroxylation sites is 3. The molecule has 13 aromatic rings. The number of hydrogen-bond donors (Lipinski definition) is 0. The lowest BCUT2D eigenvalue weighted by Gasteiger charge is -2.30. The largest absolute Gasteiger partial charge is 0.456 e. The minimum Gasteiger partial charge on any atom is -0.456 e. The number of nitrogens with zero attached hydrogens (tertiary/aromatic N) is 1. The fraction of sp³-hybridized carbons (Fsp3) is 0.0175. The Hall–Kier alpha value is -7.88. The van der Waals surface area contributed by atoms with E-state index in [2.05, 4.69) is 200 Å². The molecule has 2 aromatic heterocycles. The molecule has 0 atom stereocenters. The number of fused-ring (bicyclic) bond motifs is 14. The first-order chi connectivity index (χ1) is 29.7. The molecular weight excluding hydrogens is 731 g/mol. The fourth-order valence-electron chi connectivity index (χ4n) is 10.1. The van der Waals surface area contributed by atoms with Crippen molar-refractivity contribution in [3.05, 3.63) is 200 Å². The molecule has 0 N–H and O–H groups in total. The Balaban J connectivity index is 1.10. The third-order valence-corrected chi connectivity index (χ3v) is 12.7. The predicted molar refractivity (Wildman–Crippen MR) is 253 cm³/mol. The van der Waals surface area contributed by atoms with Crippen LogP contribution in [0.3, 0.4) is 0 Å². The van der Waals surface area contributed by atoms with Gasteiger partial charge in [0.15, 0.2) is 5.58 Å². The van der Waals surface area contributed by atoms with Crippen LogP contribution in [0.1, 0.15) is 5.56 Å². The van der Waals surface area contributed by atoms with Gasteiger partial charge < -0.3 is 13.7 Å². The van der Waals surface area contributed by atoms with Crippen molar-refractivity contribution >= 4 is 115 Å². The van der Waals surface area contributed by atoms with Gasteiger partial charge in [-0.3, -0.25) is 0 Å². The van der Waals surface area contributed by atoms with E-state index in [-0.39, 0.29) is 0 Å². The summed E-state index contributed by atoms with van der Waals surface area (Å²) in [6, 6.07) is 70.1. The van der Waals surface area contributed by atoms with Crippen LogP contribution in [0, 0.1) is 6.92 Å². The maximum atomic E-state index is 6.75. The molecule has 3 nitrogen and oxygen atoms in total. The molecule has 280 valence electrons. The smallest absolute Gasteiger partial charge is 0.159 e. The highest BCUT2D eigenvalue weighted by Gasteiger charge is 2.26. The maximum Gasteiger partial charge on any atom is 0.159 e. The molecule has 0 aliphatic carbocycles. The number of hydrogen-bond acceptors (Lipinski definition) is 3. The van der Waals surface area contributed by atoms with Crippen molar-refractivity contribution in [2.24, 2.45) is 0 Å². The fourth-order valence-corrected chi connectivity index (χ4v) is 10.1. The normalized spacial score (nSPS) is 12.1. The van der Waals surface area contributed by atoms with E-state index < -0.39 is 0 Å². The average Bonchev–Trinajstić information content (AvgIpc) is 3.87. The van der Waals surface area contributed by atoms with E-state index in [9.17, 15) is 0 Å². The van der Waals surface area contributed by atoms with E-state index in [0.29, 0.717) is 0 Å². The summed E-state index contributed by atoms with van der Waals surface area (Å²) in [6.07, 6.45) is 0. The van der Waals surface area contributed by atoms with E-state index in [1.54, 1.807) is 0 Å². The minimum absolute atomic E-state index is 0.866.